The van der Waals surface area contributed by atoms with E-state index in [2.05, 4.69) is 42.6 Å². The fraction of sp³-hybridized carbons (Fsp3) is 0.417. The van der Waals surface area contributed by atoms with E-state index in [1.165, 1.54) is 19.0 Å². The van der Waals surface area contributed by atoms with Crippen LogP contribution >= 0.6 is 0 Å². The minimum atomic E-state index is 0.195. The van der Waals surface area contributed by atoms with Gasteiger partial charge in [-0.3, -0.25) is 4.90 Å². The minimum absolute atomic E-state index is 0.195. The van der Waals surface area contributed by atoms with Crippen molar-refractivity contribution in [2.45, 2.75) is 12.8 Å². The molecule has 3 aromatic rings. The van der Waals surface area contributed by atoms with Gasteiger partial charge in [0.05, 0.1) is 26.0 Å². The number of aromatic nitrogens is 3. The number of nitriles is 1. The lowest BCUT2D eigenvalue weighted by molar-refractivity contribution is 0.0398. The fourth-order valence-corrected chi connectivity index (χ4v) is 3.79. The molecule has 3 heterocycles. The van der Waals surface area contributed by atoms with Crippen LogP contribution in [0.3, 0.4) is 0 Å². The third-order valence-electron chi connectivity index (χ3n) is 5.87. The number of hydrogen-bond acceptors (Lipinski definition) is 9. The Balaban J connectivity index is 1.26. The second kappa shape index (κ2) is 9.98. The highest BCUT2D eigenvalue weighted by Crippen LogP contribution is 2.30. The SMILES string of the molecule is N#Cc1ncc(Nc2cc3cccc(NCCN4CCOCC4)c3cn2)nc1OCC1CC1. The van der Waals surface area contributed by atoms with Gasteiger partial charge in [-0.15, -0.1) is 0 Å². The number of hydrogen-bond donors (Lipinski definition) is 2. The zero-order valence-electron chi connectivity index (χ0n) is 18.5. The molecule has 1 saturated carbocycles. The average Bonchev–Trinajstić information content (AvgIpc) is 3.68. The van der Waals surface area contributed by atoms with E-state index in [0.717, 1.165) is 55.9 Å². The van der Waals surface area contributed by atoms with Crippen molar-refractivity contribution in [2.75, 3.05) is 56.6 Å². The van der Waals surface area contributed by atoms with Crippen LogP contribution in [0.5, 0.6) is 5.88 Å². The van der Waals surface area contributed by atoms with Crippen LogP contribution in [0, 0.1) is 17.2 Å². The molecule has 1 aromatic carbocycles. The van der Waals surface area contributed by atoms with Gasteiger partial charge in [-0.1, -0.05) is 12.1 Å². The van der Waals surface area contributed by atoms with Gasteiger partial charge >= 0.3 is 0 Å². The van der Waals surface area contributed by atoms with E-state index in [1.807, 2.05) is 24.4 Å². The molecule has 9 heteroatoms. The number of pyridine rings is 1. The molecule has 1 aliphatic carbocycles. The summed E-state index contributed by atoms with van der Waals surface area (Å²) in [7, 11) is 0. The number of fused-ring (bicyclic) bond motifs is 1. The smallest absolute Gasteiger partial charge is 0.253 e. The van der Waals surface area contributed by atoms with Crippen LogP contribution < -0.4 is 15.4 Å². The quantitative estimate of drug-likeness (QED) is 0.513. The van der Waals surface area contributed by atoms with Crippen LogP contribution in [0.2, 0.25) is 0 Å². The van der Waals surface area contributed by atoms with E-state index in [0.29, 0.717) is 24.2 Å². The molecule has 9 nitrogen and oxygen atoms in total. The van der Waals surface area contributed by atoms with E-state index >= 15 is 0 Å². The molecule has 1 saturated heterocycles. The maximum absolute atomic E-state index is 9.28. The molecule has 0 amide bonds. The third-order valence-corrected chi connectivity index (χ3v) is 5.87. The number of rotatable bonds is 9. The van der Waals surface area contributed by atoms with Crippen LogP contribution in [-0.2, 0) is 4.74 Å². The van der Waals surface area contributed by atoms with E-state index in [4.69, 9.17) is 9.47 Å². The Labute approximate surface area is 192 Å². The highest BCUT2D eigenvalue weighted by Gasteiger charge is 2.23. The highest BCUT2D eigenvalue weighted by atomic mass is 16.5. The largest absolute Gasteiger partial charge is 0.475 e. The van der Waals surface area contributed by atoms with Gasteiger partial charge in [0.2, 0.25) is 5.69 Å². The van der Waals surface area contributed by atoms with E-state index in [1.54, 1.807) is 0 Å². The van der Waals surface area contributed by atoms with Gasteiger partial charge in [-0.25, -0.2) is 9.97 Å². The molecule has 2 fully saturated rings. The molecule has 0 atom stereocenters. The Morgan fingerprint density at radius 2 is 2.03 bits per heavy atom. The van der Waals surface area contributed by atoms with E-state index in [-0.39, 0.29) is 11.6 Å². The molecule has 2 N–H and O–H groups in total. The fourth-order valence-electron chi connectivity index (χ4n) is 3.79. The number of ether oxygens (including phenoxy) is 2. The summed E-state index contributed by atoms with van der Waals surface area (Å²) in [6, 6.07) is 10.2. The zero-order valence-corrected chi connectivity index (χ0v) is 18.5. The van der Waals surface area contributed by atoms with Crippen LogP contribution in [0.15, 0.2) is 36.7 Å². The lowest BCUT2D eigenvalue weighted by Gasteiger charge is -2.26. The Hall–Kier alpha value is -3.48. The molecule has 2 aromatic heterocycles. The van der Waals surface area contributed by atoms with Gasteiger partial charge in [0, 0.05) is 43.4 Å². The van der Waals surface area contributed by atoms with Crippen molar-refractivity contribution < 1.29 is 9.47 Å². The van der Waals surface area contributed by atoms with Crippen LogP contribution in [0.1, 0.15) is 18.5 Å². The number of morpholine rings is 1. The van der Waals surface area contributed by atoms with Gasteiger partial charge in [0.1, 0.15) is 11.9 Å². The van der Waals surface area contributed by atoms with Gasteiger partial charge in [-0.2, -0.15) is 10.2 Å². The first-order valence-corrected chi connectivity index (χ1v) is 11.4. The van der Waals surface area contributed by atoms with Crippen molar-refractivity contribution >= 4 is 28.1 Å². The predicted octanol–water partition coefficient (Wildman–Crippen LogP) is 3.17. The van der Waals surface area contributed by atoms with E-state index < -0.39 is 0 Å². The molecule has 2 aliphatic rings. The Bertz CT molecular complexity index is 1150. The maximum Gasteiger partial charge on any atom is 0.253 e. The monoisotopic (exact) mass is 445 g/mol. The van der Waals surface area contributed by atoms with Crippen LogP contribution in [0.4, 0.5) is 17.3 Å². The molecule has 0 unspecified atom stereocenters. The standard InChI is InChI=1S/C24H27N7O2/c25-13-21-24(33-16-17-4-5-17)30-23(15-27-21)29-22-12-18-2-1-3-20(19(18)14-28-22)26-6-7-31-8-10-32-11-9-31/h1-3,12,14-15,17,26H,4-11,16H2,(H,28,29,30). The lowest BCUT2D eigenvalue weighted by Crippen LogP contribution is -2.39. The second-order valence-corrected chi connectivity index (χ2v) is 8.38. The van der Waals surface area contributed by atoms with Gasteiger partial charge in [0.25, 0.3) is 5.88 Å². The average molecular weight is 446 g/mol. The number of anilines is 3. The zero-order chi connectivity index (χ0) is 22.5. The van der Waals surface area contributed by atoms with Crippen molar-refractivity contribution in [3.63, 3.8) is 0 Å². The summed E-state index contributed by atoms with van der Waals surface area (Å²) < 4.78 is 11.1. The molecule has 170 valence electrons. The maximum atomic E-state index is 9.28. The molecular formula is C24H27N7O2. The Morgan fingerprint density at radius 3 is 2.85 bits per heavy atom. The summed E-state index contributed by atoms with van der Waals surface area (Å²) in [6.45, 7) is 6.01. The third kappa shape index (κ3) is 5.48. The number of nitrogens with zero attached hydrogens (tertiary/aromatic N) is 5. The number of benzene rings is 1. The second-order valence-electron chi connectivity index (χ2n) is 8.38. The summed E-state index contributed by atoms with van der Waals surface area (Å²) in [5, 5.41) is 18.1. The Morgan fingerprint density at radius 1 is 1.15 bits per heavy atom. The molecule has 0 bridgehead atoms. The molecule has 0 spiro atoms. The molecule has 5 rings (SSSR count). The molecule has 0 radical (unpaired) electrons. The molecular weight excluding hydrogens is 418 g/mol. The van der Waals surface area contributed by atoms with Crippen LogP contribution in [-0.4, -0.2) is 65.9 Å². The summed E-state index contributed by atoms with van der Waals surface area (Å²) >= 11 is 0. The predicted molar refractivity (Wildman–Crippen MR) is 126 cm³/mol. The van der Waals surface area contributed by atoms with Gasteiger partial charge in [-0.05, 0) is 36.3 Å². The van der Waals surface area contributed by atoms with Gasteiger partial charge in [0.15, 0.2) is 5.82 Å². The van der Waals surface area contributed by atoms with Crippen molar-refractivity contribution in [2.24, 2.45) is 5.92 Å². The Kier molecular flexibility index (Phi) is 6.46. The van der Waals surface area contributed by atoms with Gasteiger partial charge < -0.3 is 20.1 Å². The van der Waals surface area contributed by atoms with E-state index in [9.17, 15) is 5.26 Å². The first-order valence-electron chi connectivity index (χ1n) is 11.4. The lowest BCUT2D eigenvalue weighted by atomic mass is 10.1. The first kappa shape index (κ1) is 21.4. The number of nitrogens with one attached hydrogen (secondary N) is 2. The first-order chi connectivity index (χ1) is 16.3. The summed E-state index contributed by atoms with van der Waals surface area (Å²) in [6.07, 6.45) is 5.71. The summed E-state index contributed by atoms with van der Waals surface area (Å²) in [5.74, 6) is 1.97. The van der Waals surface area contributed by atoms with Crippen molar-refractivity contribution in [3.8, 4) is 11.9 Å². The minimum Gasteiger partial charge on any atom is -0.475 e. The summed E-state index contributed by atoms with van der Waals surface area (Å²) in [4.78, 5) is 15.6. The summed E-state index contributed by atoms with van der Waals surface area (Å²) in [5.41, 5.74) is 1.26. The molecule has 1 aliphatic heterocycles. The molecule has 33 heavy (non-hydrogen) atoms. The highest BCUT2D eigenvalue weighted by molar-refractivity contribution is 5.94. The van der Waals surface area contributed by atoms with Crippen molar-refractivity contribution in [1.82, 2.24) is 19.9 Å². The normalized spacial score (nSPS) is 16.3. The van der Waals surface area contributed by atoms with Crippen LogP contribution in [0.25, 0.3) is 10.8 Å². The van der Waals surface area contributed by atoms with Crippen molar-refractivity contribution in [1.29, 1.82) is 5.26 Å². The van der Waals surface area contributed by atoms with Crippen molar-refractivity contribution in [3.05, 3.63) is 42.4 Å². The topological polar surface area (TPSA) is 108 Å².